The lowest BCUT2D eigenvalue weighted by Crippen LogP contribution is -2.53. The van der Waals surface area contributed by atoms with Crippen LogP contribution in [-0.2, 0) is 10.0 Å². The third-order valence-electron chi connectivity index (χ3n) is 3.42. The Morgan fingerprint density at radius 3 is 2.30 bits per heavy atom. The van der Waals surface area contributed by atoms with Gasteiger partial charge < -0.3 is 4.90 Å². The highest BCUT2D eigenvalue weighted by molar-refractivity contribution is 7.88. The fourth-order valence-corrected chi connectivity index (χ4v) is 3.59. The second kappa shape index (κ2) is 5.37. The van der Waals surface area contributed by atoms with E-state index in [0.717, 1.165) is 5.69 Å². The first-order valence-electron chi connectivity index (χ1n) is 6.25. The van der Waals surface area contributed by atoms with Gasteiger partial charge in [-0.15, -0.1) is 0 Å². The quantitative estimate of drug-likeness (QED) is 0.615. The minimum atomic E-state index is -3.18. The van der Waals surface area contributed by atoms with E-state index in [9.17, 15) is 18.5 Å². The molecule has 0 unspecified atom stereocenters. The molecule has 20 heavy (non-hydrogen) atoms. The van der Waals surface area contributed by atoms with Crippen LogP contribution in [0.5, 0.6) is 0 Å². The number of anilines is 1. The lowest BCUT2D eigenvalue weighted by molar-refractivity contribution is -0.384. The molecule has 0 saturated carbocycles. The van der Waals surface area contributed by atoms with Gasteiger partial charge in [-0.3, -0.25) is 10.1 Å². The molecule has 0 N–H and O–H groups in total. The molecule has 8 heteroatoms. The molecule has 0 spiro atoms. The zero-order valence-corrected chi connectivity index (χ0v) is 12.2. The Labute approximate surface area is 118 Å². The van der Waals surface area contributed by atoms with E-state index in [0.29, 0.717) is 19.6 Å². The number of benzene rings is 1. The molecule has 0 amide bonds. The fourth-order valence-electron chi connectivity index (χ4n) is 2.45. The van der Waals surface area contributed by atoms with Gasteiger partial charge in [0.1, 0.15) is 0 Å². The molecule has 1 aromatic rings. The average molecular weight is 299 g/mol. The Morgan fingerprint density at radius 1 is 1.25 bits per heavy atom. The first-order chi connectivity index (χ1) is 9.29. The van der Waals surface area contributed by atoms with Gasteiger partial charge in [0.2, 0.25) is 10.0 Å². The maximum Gasteiger partial charge on any atom is 0.269 e. The van der Waals surface area contributed by atoms with E-state index in [1.165, 1.54) is 22.7 Å². The van der Waals surface area contributed by atoms with Crippen LogP contribution in [0.3, 0.4) is 0 Å². The minimum Gasteiger partial charge on any atom is -0.369 e. The van der Waals surface area contributed by atoms with Crippen molar-refractivity contribution < 1.29 is 13.3 Å². The van der Waals surface area contributed by atoms with Gasteiger partial charge in [0.25, 0.3) is 5.69 Å². The van der Waals surface area contributed by atoms with Gasteiger partial charge in [-0.05, 0) is 19.1 Å². The van der Waals surface area contributed by atoms with Crippen molar-refractivity contribution in [3.8, 4) is 0 Å². The molecule has 0 aliphatic carbocycles. The van der Waals surface area contributed by atoms with Crippen molar-refractivity contribution in [2.24, 2.45) is 0 Å². The summed E-state index contributed by atoms with van der Waals surface area (Å²) in [5, 5.41) is 10.6. The van der Waals surface area contributed by atoms with Gasteiger partial charge >= 0.3 is 0 Å². The lowest BCUT2D eigenvalue weighted by atomic mass is 10.2. The summed E-state index contributed by atoms with van der Waals surface area (Å²) in [6.07, 6.45) is 1.21. The van der Waals surface area contributed by atoms with E-state index in [1.54, 1.807) is 12.1 Å². The van der Waals surface area contributed by atoms with Crippen LogP contribution >= 0.6 is 0 Å². The van der Waals surface area contributed by atoms with Crippen molar-refractivity contribution >= 4 is 21.4 Å². The summed E-state index contributed by atoms with van der Waals surface area (Å²) in [7, 11) is -3.18. The molecule has 110 valence electrons. The number of hydrogen-bond donors (Lipinski definition) is 0. The fraction of sp³-hybridized carbons (Fsp3) is 0.500. The van der Waals surface area contributed by atoms with E-state index in [1.807, 2.05) is 11.8 Å². The molecule has 2 rings (SSSR count). The molecule has 1 heterocycles. The number of piperazine rings is 1. The summed E-state index contributed by atoms with van der Waals surface area (Å²) < 4.78 is 24.7. The molecule has 1 aliphatic rings. The third kappa shape index (κ3) is 3.07. The van der Waals surface area contributed by atoms with E-state index in [4.69, 9.17) is 0 Å². The van der Waals surface area contributed by atoms with E-state index in [2.05, 4.69) is 0 Å². The Morgan fingerprint density at radius 2 is 1.85 bits per heavy atom. The molecular weight excluding hydrogens is 282 g/mol. The van der Waals surface area contributed by atoms with Gasteiger partial charge in [-0.25, -0.2) is 8.42 Å². The van der Waals surface area contributed by atoms with Gasteiger partial charge in [-0.1, -0.05) is 0 Å². The topological polar surface area (TPSA) is 83.8 Å². The van der Waals surface area contributed by atoms with Crippen molar-refractivity contribution in [3.63, 3.8) is 0 Å². The van der Waals surface area contributed by atoms with Crippen LogP contribution in [0.1, 0.15) is 6.92 Å². The Hall–Kier alpha value is -1.67. The van der Waals surface area contributed by atoms with Gasteiger partial charge in [0, 0.05) is 43.5 Å². The number of sulfonamides is 1. The van der Waals surface area contributed by atoms with Gasteiger partial charge in [0.15, 0.2) is 0 Å². The summed E-state index contributed by atoms with van der Waals surface area (Å²) in [4.78, 5) is 12.2. The van der Waals surface area contributed by atoms with Crippen LogP contribution in [0.15, 0.2) is 24.3 Å². The molecule has 0 aromatic heterocycles. The van der Waals surface area contributed by atoms with Crippen molar-refractivity contribution in [1.82, 2.24) is 4.31 Å². The largest absolute Gasteiger partial charge is 0.369 e. The first-order valence-corrected chi connectivity index (χ1v) is 8.10. The van der Waals surface area contributed by atoms with Crippen LogP contribution in [-0.4, -0.2) is 49.6 Å². The van der Waals surface area contributed by atoms with Crippen LogP contribution < -0.4 is 4.90 Å². The van der Waals surface area contributed by atoms with Gasteiger partial charge in [-0.2, -0.15) is 4.31 Å². The number of nitrogens with zero attached hydrogens (tertiary/aromatic N) is 3. The van der Waals surface area contributed by atoms with Crippen LogP contribution in [0, 0.1) is 10.1 Å². The number of non-ortho nitro benzene ring substituents is 1. The number of hydrogen-bond acceptors (Lipinski definition) is 5. The lowest BCUT2D eigenvalue weighted by Gasteiger charge is -2.39. The van der Waals surface area contributed by atoms with Crippen molar-refractivity contribution in [2.45, 2.75) is 13.0 Å². The second-order valence-electron chi connectivity index (χ2n) is 4.94. The standard InChI is InChI=1S/C12H17N3O4S/c1-10-9-13(7-8-14(10)20(2,18)19)11-3-5-12(6-4-11)15(16)17/h3-6,10H,7-9H2,1-2H3/t10-/m0/s1. The molecule has 0 radical (unpaired) electrons. The normalized spacial score (nSPS) is 20.9. The zero-order valence-electron chi connectivity index (χ0n) is 11.4. The SMILES string of the molecule is C[C@H]1CN(c2ccc([N+](=O)[O-])cc2)CCN1S(C)(=O)=O. The molecule has 1 fully saturated rings. The van der Waals surface area contributed by atoms with Gasteiger partial charge in [0.05, 0.1) is 11.2 Å². The maximum atomic E-state index is 11.6. The first kappa shape index (κ1) is 14.7. The average Bonchev–Trinajstić information content (AvgIpc) is 2.37. The van der Waals surface area contributed by atoms with Crippen LogP contribution in [0.25, 0.3) is 0 Å². The highest BCUT2D eigenvalue weighted by Crippen LogP contribution is 2.23. The van der Waals surface area contributed by atoms with Crippen molar-refractivity contribution in [2.75, 3.05) is 30.8 Å². The molecule has 1 aromatic carbocycles. The van der Waals surface area contributed by atoms with E-state index >= 15 is 0 Å². The molecule has 1 atom stereocenters. The molecule has 1 aliphatic heterocycles. The summed E-state index contributed by atoms with van der Waals surface area (Å²) in [5.41, 5.74) is 0.923. The number of rotatable bonds is 3. The highest BCUT2D eigenvalue weighted by Gasteiger charge is 2.29. The highest BCUT2D eigenvalue weighted by atomic mass is 32.2. The zero-order chi connectivity index (χ0) is 14.9. The third-order valence-corrected chi connectivity index (χ3v) is 4.81. The van der Waals surface area contributed by atoms with Crippen molar-refractivity contribution in [3.05, 3.63) is 34.4 Å². The monoisotopic (exact) mass is 299 g/mol. The second-order valence-corrected chi connectivity index (χ2v) is 6.88. The smallest absolute Gasteiger partial charge is 0.269 e. The van der Waals surface area contributed by atoms with Crippen molar-refractivity contribution in [1.29, 1.82) is 0 Å². The Balaban J connectivity index is 2.11. The predicted octanol–water partition coefficient (Wildman–Crippen LogP) is 1.06. The van der Waals surface area contributed by atoms with E-state index < -0.39 is 14.9 Å². The summed E-state index contributed by atoms with van der Waals surface area (Å²) in [6.45, 7) is 3.44. The Bertz CT molecular complexity index is 600. The van der Waals surface area contributed by atoms with Crippen LogP contribution in [0.4, 0.5) is 11.4 Å². The molecular formula is C12H17N3O4S. The van der Waals surface area contributed by atoms with E-state index in [-0.39, 0.29) is 11.7 Å². The summed E-state index contributed by atoms with van der Waals surface area (Å²) in [5.74, 6) is 0. The molecule has 0 bridgehead atoms. The summed E-state index contributed by atoms with van der Waals surface area (Å²) in [6, 6.07) is 6.20. The molecule has 1 saturated heterocycles. The minimum absolute atomic E-state index is 0.0524. The van der Waals surface area contributed by atoms with Crippen LogP contribution in [0.2, 0.25) is 0 Å². The number of nitro groups is 1. The number of nitro benzene ring substituents is 1. The maximum absolute atomic E-state index is 11.6. The summed E-state index contributed by atoms with van der Waals surface area (Å²) >= 11 is 0. The predicted molar refractivity (Wildman–Crippen MR) is 76.3 cm³/mol. The Kier molecular flexibility index (Phi) is 3.96. The molecule has 7 nitrogen and oxygen atoms in total.